The van der Waals surface area contributed by atoms with Gasteiger partial charge in [0.05, 0.1) is 0 Å². The quantitative estimate of drug-likeness (QED) is 0.751. The minimum Gasteiger partial charge on any atom is -0.330 e. The molecule has 0 atom stereocenters. The average Bonchev–Trinajstić information content (AvgIpc) is 2.31. The fourth-order valence-electron chi connectivity index (χ4n) is 1.85. The maximum atomic E-state index is 5.86. The fourth-order valence-corrected chi connectivity index (χ4v) is 1.97. The molecule has 0 saturated heterocycles. The molecule has 0 heterocycles. The average molecular weight is 264 g/mol. The molecule has 1 aromatic carbocycles. The van der Waals surface area contributed by atoms with Crippen molar-refractivity contribution >= 4 is 11.6 Å². The number of allylic oxidation sites excluding steroid dienone is 3. The van der Waals surface area contributed by atoms with E-state index >= 15 is 0 Å². The normalized spacial score (nSPS) is 11.4. The Morgan fingerprint density at radius 2 is 1.89 bits per heavy atom. The largest absolute Gasteiger partial charge is 0.330 e. The van der Waals surface area contributed by atoms with E-state index in [1.165, 1.54) is 16.7 Å². The molecule has 0 radical (unpaired) electrons. The Labute approximate surface area is 115 Å². The summed E-state index contributed by atoms with van der Waals surface area (Å²) in [4.78, 5) is 0. The van der Waals surface area contributed by atoms with E-state index in [-0.39, 0.29) is 0 Å². The molecule has 2 heteroatoms. The molecule has 1 nitrogen and oxygen atoms in total. The van der Waals surface area contributed by atoms with Gasteiger partial charge in [0.15, 0.2) is 0 Å². The van der Waals surface area contributed by atoms with Crippen LogP contribution in [0.4, 0.5) is 0 Å². The lowest BCUT2D eigenvalue weighted by Crippen LogP contribution is -1.99. The molecule has 0 saturated carbocycles. The Balaban J connectivity index is 2.55. The predicted molar refractivity (Wildman–Crippen MR) is 81.0 cm³/mol. The SMILES string of the molecule is CC(C)=C/C(=C\CCc1ccc(Cl)cc1)CCN. The van der Waals surface area contributed by atoms with Crippen LogP contribution in [0.5, 0.6) is 0 Å². The number of nitrogens with two attached hydrogens (primary N) is 1. The van der Waals surface area contributed by atoms with E-state index in [9.17, 15) is 0 Å². The van der Waals surface area contributed by atoms with Crippen molar-refractivity contribution in [2.24, 2.45) is 5.73 Å². The van der Waals surface area contributed by atoms with Crippen LogP contribution in [0.1, 0.15) is 32.3 Å². The third-order valence-corrected chi connectivity index (χ3v) is 2.91. The summed E-state index contributed by atoms with van der Waals surface area (Å²) in [5.41, 5.74) is 9.60. The van der Waals surface area contributed by atoms with Gasteiger partial charge in [-0.1, -0.05) is 47.0 Å². The van der Waals surface area contributed by atoms with Crippen LogP contribution in [0.15, 0.2) is 47.6 Å². The highest BCUT2D eigenvalue weighted by Gasteiger charge is 1.95. The van der Waals surface area contributed by atoms with E-state index in [2.05, 4.69) is 38.1 Å². The number of halogens is 1. The van der Waals surface area contributed by atoms with Gasteiger partial charge in [-0.3, -0.25) is 0 Å². The van der Waals surface area contributed by atoms with Crippen molar-refractivity contribution in [2.75, 3.05) is 6.54 Å². The van der Waals surface area contributed by atoms with E-state index in [1.807, 2.05) is 12.1 Å². The number of rotatable bonds is 6. The molecule has 98 valence electrons. The molecule has 0 amide bonds. The zero-order valence-corrected chi connectivity index (χ0v) is 12.0. The molecule has 0 aromatic heterocycles. The molecular weight excluding hydrogens is 242 g/mol. The van der Waals surface area contributed by atoms with E-state index in [1.54, 1.807) is 0 Å². The van der Waals surface area contributed by atoms with Crippen LogP contribution in [0.3, 0.4) is 0 Å². The van der Waals surface area contributed by atoms with Crippen LogP contribution >= 0.6 is 11.6 Å². The summed E-state index contributed by atoms with van der Waals surface area (Å²) in [7, 11) is 0. The monoisotopic (exact) mass is 263 g/mol. The highest BCUT2D eigenvalue weighted by atomic mass is 35.5. The standard InChI is InChI=1S/C16H22ClN/c1-13(2)12-15(10-11-18)5-3-4-14-6-8-16(17)9-7-14/h5-9,12H,3-4,10-11,18H2,1-2H3/b15-5-. The van der Waals surface area contributed by atoms with Gasteiger partial charge in [0, 0.05) is 5.02 Å². The molecule has 2 N–H and O–H groups in total. The smallest absolute Gasteiger partial charge is 0.0406 e. The van der Waals surface area contributed by atoms with Crippen molar-refractivity contribution in [1.82, 2.24) is 0 Å². The summed E-state index contributed by atoms with van der Waals surface area (Å²) in [6.07, 6.45) is 7.54. The highest BCUT2D eigenvalue weighted by molar-refractivity contribution is 6.30. The maximum absolute atomic E-state index is 5.86. The Morgan fingerprint density at radius 1 is 1.22 bits per heavy atom. The second-order valence-corrected chi connectivity index (χ2v) is 5.14. The van der Waals surface area contributed by atoms with Crippen molar-refractivity contribution in [3.63, 3.8) is 0 Å². The zero-order chi connectivity index (χ0) is 13.4. The van der Waals surface area contributed by atoms with E-state index in [0.717, 1.165) is 24.3 Å². The summed E-state index contributed by atoms with van der Waals surface area (Å²) < 4.78 is 0. The molecule has 0 aliphatic carbocycles. The van der Waals surface area contributed by atoms with E-state index in [4.69, 9.17) is 17.3 Å². The second kappa shape index (κ2) is 8.12. The third-order valence-electron chi connectivity index (χ3n) is 2.66. The number of aryl methyl sites for hydroxylation is 1. The van der Waals surface area contributed by atoms with E-state index < -0.39 is 0 Å². The summed E-state index contributed by atoms with van der Waals surface area (Å²) in [6.45, 7) is 4.93. The Hall–Kier alpha value is -1.05. The lowest BCUT2D eigenvalue weighted by molar-refractivity contribution is 0.935. The van der Waals surface area contributed by atoms with Gasteiger partial charge in [-0.25, -0.2) is 0 Å². The van der Waals surface area contributed by atoms with E-state index in [0.29, 0.717) is 6.54 Å². The first kappa shape index (κ1) is 15.0. The molecule has 1 rings (SSSR count). The molecule has 0 spiro atoms. The van der Waals surface area contributed by atoms with Crippen molar-refractivity contribution in [3.8, 4) is 0 Å². The highest BCUT2D eigenvalue weighted by Crippen LogP contribution is 2.13. The maximum Gasteiger partial charge on any atom is 0.0406 e. The van der Waals surface area contributed by atoms with Crippen molar-refractivity contribution < 1.29 is 0 Å². The molecule has 0 fully saturated rings. The van der Waals surface area contributed by atoms with Crippen LogP contribution in [-0.4, -0.2) is 6.54 Å². The predicted octanol–water partition coefficient (Wildman–Crippen LogP) is 4.51. The lowest BCUT2D eigenvalue weighted by Gasteiger charge is -2.03. The Morgan fingerprint density at radius 3 is 2.44 bits per heavy atom. The fraction of sp³-hybridized carbons (Fsp3) is 0.375. The number of benzene rings is 1. The van der Waals surface area contributed by atoms with Gasteiger partial charge in [0.1, 0.15) is 0 Å². The van der Waals surface area contributed by atoms with Gasteiger partial charge in [-0.2, -0.15) is 0 Å². The molecular formula is C16H22ClN. The molecule has 0 unspecified atom stereocenters. The van der Waals surface area contributed by atoms with Crippen LogP contribution in [0, 0.1) is 0 Å². The second-order valence-electron chi connectivity index (χ2n) is 4.70. The third kappa shape index (κ3) is 6.04. The Kier molecular flexibility index (Phi) is 6.77. The van der Waals surface area contributed by atoms with Gasteiger partial charge in [-0.15, -0.1) is 0 Å². The molecule has 18 heavy (non-hydrogen) atoms. The first-order chi connectivity index (χ1) is 8.61. The summed E-state index contributed by atoms with van der Waals surface area (Å²) in [6, 6.07) is 8.05. The number of hydrogen-bond donors (Lipinski definition) is 1. The van der Waals surface area contributed by atoms with Crippen LogP contribution in [-0.2, 0) is 6.42 Å². The van der Waals surface area contributed by atoms with Crippen molar-refractivity contribution in [2.45, 2.75) is 33.1 Å². The Bertz CT molecular complexity index is 411. The molecule has 0 aliphatic heterocycles. The first-order valence-corrected chi connectivity index (χ1v) is 6.78. The summed E-state index contributed by atoms with van der Waals surface area (Å²) in [5.74, 6) is 0. The van der Waals surface area contributed by atoms with Crippen LogP contribution in [0.25, 0.3) is 0 Å². The first-order valence-electron chi connectivity index (χ1n) is 6.40. The minimum absolute atomic E-state index is 0.705. The molecule has 1 aromatic rings. The van der Waals surface area contributed by atoms with Crippen LogP contribution in [0.2, 0.25) is 5.02 Å². The van der Waals surface area contributed by atoms with Gasteiger partial charge in [0.25, 0.3) is 0 Å². The van der Waals surface area contributed by atoms with Gasteiger partial charge in [0.2, 0.25) is 0 Å². The lowest BCUT2D eigenvalue weighted by atomic mass is 10.0. The molecule has 0 bridgehead atoms. The minimum atomic E-state index is 0.705. The van der Waals surface area contributed by atoms with Crippen molar-refractivity contribution in [3.05, 3.63) is 58.1 Å². The summed E-state index contributed by atoms with van der Waals surface area (Å²) >= 11 is 5.86. The van der Waals surface area contributed by atoms with Gasteiger partial charge in [-0.05, 0) is 57.4 Å². The van der Waals surface area contributed by atoms with Gasteiger partial charge >= 0.3 is 0 Å². The zero-order valence-electron chi connectivity index (χ0n) is 11.2. The number of hydrogen-bond acceptors (Lipinski definition) is 1. The molecule has 0 aliphatic rings. The topological polar surface area (TPSA) is 26.0 Å². The van der Waals surface area contributed by atoms with Crippen LogP contribution < -0.4 is 5.73 Å². The summed E-state index contributed by atoms with van der Waals surface area (Å²) in [5, 5.41) is 0.794. The van der Waals surface area contributed by atoms with Gasteiger partial charge < -0.3 is 5.73 Å². The van der Waals surface area contributed by atoms with Crippen molar-refractivity contribution in [1.29, 1.82) is 0 Å².